The second-order valence-electron chi connectivity index (χ2n) is 5.31. The van der Waals surface area contributed by atoms with E-state index < -0.39 is 28.3 Å². The fourth-order valence-corrected chi connectivity index (χ4v) is 6.25. The Kier molecular flexibility index (Phi) is 5.27. The zero-order valence-electron chi connectivity index (χ0n) is 13.1. The van der Waals surface area contributed by atoms with Gasteiger partial charge in [0.15, 0.2) is 0 Å². The molecule has 126 valence electrons. The molecule has 24 heavy (non-hydrogen) atoms. The molecule has 4 nitrogen and oxygen atoms in total. The minimum absolute atomic E-state index is 0.311. The van der Waals surface area contributed by atoms with E-state index in [4.69, 9.17) is 4.74 Å². The Balaban J connectivity index is 2.03. The SMILES string of the molecule is CCOC(=O)C(C)c1ccc2c(c1)[S+]([O-])c1cc(Br)ccc1[S+]2[O-]. The first-order valence-electron chi connectivity index (χ1n) is 7.37. The molecule has 2 aromatic rings. The summed E-state index contributed by atoms with van der Waals surface area (Å²) in [5.41, 5.74) is 0.705. The van der Waals surface area contributed by atoms with Crippen LogP contribution in [-0.2, 0) is 31.9 Å². The molecule has 0 spiro atoms. The molecule has 1 heterocycles. The van der Waals surface area contributed by atoms with Crippen LogP contribution < -0.4 is 0 Å². The molecule has 1 aliphatic heterocycles. The molecule has 0 aliphatic carbocycles. The number of fused-ring (bicyclic) bond motifs is 2. The number of ether oxygens (including phenoxy) is 1. The maximum absolute atomic E-state index is 12.9. The van der Waals surface area contributed by atoms with Gasteiger partial charge in [-0.05, 0) is 31.5 Å². The van der Waals surface area contributed by atoms with E-state index in [1.807, 2.05) is 0 Å². The second-order valence-corrected chi connectivity index (χ2v) is 9.06. The van der Waals surface area contributed by atoms with Crippen molar-refractivity contribution >= 4 is 44.3 Å². The van der Waals surface area contributed by atoms with Crippen LogP contribution in [0.1, 0.15) is 25.3 Å². The van der Waals surface area contributed by atoms with Crippen molar-refractivity contribution in [2.24, 2.45) is 0 Å². The van der Waals surface area contributed by atoms with Gasteiger partial charge < -0.3 is 13.8 Å². The van der Waals surface area contributed by atoms with Gasteiger partial charge in [0.05, 0.1) is 12.5 Å². The smallest absolute Gasteiger partial charge is 0.313 e. The molecule has 3 unspecified atom stereocenters. The van der Waals surface area contributed by atoms with Crippen LogP contribution in [0, 0.1) is 0 Å². The predicted octanol–water partition coefficient (Wildman–Crippen LogP) is 3.76. The molecule has 1 aliphatic rings. The summed E-state index contributed by atoms with van der Waals surface area (Å²) in [5.74, 6) is -0.798. The van der Waals surface area contributed by atoms with Crippen LogP contribution in [0.4, 0.5) is 0 Å². The summed E-state index contributed by atoms with van der Waals surface area (Å²) in [4.78, 5) is 14.1. The van der Waals surface area contributed by atoms with Crippen molar-refractivity contribution in [2.75, 3.05) is 6.61 Å². The van der Waals surface area contributed by atoms with Gasteiger partial charge in [0.2, 0.25) is 19.6 Å². The van der Waals surface area contributed by atoms with Crippen molar-refractivity contribution in [1.82, 2.24) is 0 Å². The molecule has 0 saturated carbocycles. The molecule has 0 amide bonds. The lowest BCUT2D eigenvalue weighted by molar-refractivity contribution is -0.144. The maximum atomic E-state index is 12.9. The number of carbonyl (C=O) groups is 1. The van der Waals surface area contributed by atoms with E-state index >= 15 is 0 Å². The number of rotatable bonds is 3. The molecular weight excluding hydrogens is 412 g/mol. The zero-order chi connectivity index (χ0) is 17.4. The minimum Gasteiger partial charge on any atom is -0.606 e. The van der Waals surface area contributed by atoms with Crippen LogP contribution in [-0.4, -0.2) is 21.7 Å². The van der Waals surface area contributed by atoms with Crippen molar-refractivity contribution < 1.29 is 18.6 Å². The van der Waals surface area contributed by atoms with E-state index in [0.717, 1.165) is 4.47 Å². The molecule has 0 radical (unpaired) electrons. The molecule has 7 heteroatoms. The Morgan fingerprint density at radius 2 is 1.67 bits per heavy atom. The van der Waals surface area contributed by atoms with Crippen LogP contribution in [0.15, 0.2) is 60.5 Å². The summed E-state index contributed by atoms with van der Waals surface area (Å²) < 4.78 is 31.5. The van der Waals surface area contributed by atoms with Gasteiger partial charge in [-0.1, -0.05) is 22.0 Å². The van der Waals surface area contributed by atoms with Crippen molar-refractivity contribution in [3.63, 3.8) is 0 Å². The Morgan fingerprint density at radius 1 is 1.08 bits per heavy atom. The number of carbonyl (C=O) groups excluding carboxylic acids is 1. The molecule has 0 saturated heterocycles. The first kappa shape index (κ1) is 17.8. The zero-order valence-corrected chi connectivity index (χ0v) is 16.3. The average molecular weight is 427 g/mol. The predicted molar refractivity (Wildman–Crippen MR) is 95.0 cm³/mol. The fourth-order valence-electron chi connectivity index (χ4n) is 2.51. The number of esters is 1. The number of benzene rings is 2. The highest BCUT2D eigenvalue weighted by atomic mass is 79.9. The summed E-state index contributed by atoms with van der Waals surface area (Å²) in [7, 11) is 0. The van der Waals surface area contributed by atoms with Crippen LogP contribution in [0.5, 0.6) is 0 Å². The molecule has 3 atom stereocenters. The van der Waals surface area contributed by atoms with E-state index in [9.17, 15) is 13.9 Å². The van der Waals surface area contributed by atoms with Crippen molar-refractivity contribution in [1.29, 1.82) is 0 Å². The van der Waals surface area contributed by atoms with E-state index in [2.05, 4.69) is 15.9 Å². The molecule has 3 rings (SSSR count). The highest BCUT2D eigenvalue weighted by Crippen LogP contribution is 2.42. The van der Waals surface area contributed by atoms with Gasteiger partial charge in [-0.3, -0.25) is 4.79 Å². The monoisotopic (exact) mass is 426 g/mol. The number of hydrogen-bond donors (Lipinski definition) is 0. The highest BCUT2D eigenvalue weighted by Gasteiger charge is 2.40. The van der Waals surface area contributed by atoms with Gasteiger partial charge in [-0.2, -0.15) is 0 Å². The topological polar surface area (TPSA) is 72.4 Å². The molecule has 0 bridgehead atoms. The number of halogens is 1. The van der Waals surface area contributed by atoms with Crippen molar-refractivity contribution in [3.05, 3.63) is 46.4 Å². The third kappa shape index (κ3) is 3.11. The van der Waals surface area contributed by atoms with Gasteiger partial charge >= 0.3 is 5.97 Å². The molecule has 2 aromatic carbocycles. The van der Waals surface area contributed by atoms with Gasteiger partial charge in [0.1, 0.15) is 0 Å². The summed E-state index contributed by atoms with van der Waals surface area (Å²) in [6, 6.07) is 10.4. The number of hydrogen-bond acceptors (Lipinski definition) is 4. The van der Waals surface area contributed by atoms with Crippen LogP contribution in [0.3, 0.4) is 0 Å². The third-order valence-corrected chi connectivity index (χ3v) is 7.55. The summed E-state index contributed by atoms with van der Waals surface area (Å²) in [5, 5.41) is 0. The standard InChI is InChI=1S/C17H15BrO4S2/c1-3-22-17(19)10(2)11-4-6-13-15(8-11)24(21)16-9-12(18)5-7-14(16)23(13)20/h4-10H,3H2,1-2H3. The molecule has 0 aromatic heterocycles. The Bertz CT molecular complexity index is 796. The lowest BCUT2D eigenvalue weighted by Gasteiger charge is -2.23. The maximum Gasteiger partial charge on any atom is 0.313 e. The quantitative estimate of drug-likeness (QED) is 0.552. The van der Waals surface area contributed by atoms with Crippen LogP contribution in [0.2, 0.25) is 0 Å². The van der Waals surface area contributed by atoms with Crippen molar-refractivity contribution in [2.45, 2.75) is 39.3 Å². The molecule has 0 N–H and O–H groups in total. The first-order chi connectivity index (χ1) is 11.4. The van der Waals surface area contributed by atoms with Crippen LogP contribution >= 0.6 is 15.9 Å². The lowest BCUT2D eigenvalue weighted by Crippen LogP contribution is -2.21. The third-order valence-electron chi connectivity index (χ3n) is 3.81. The van der Waals surface area contributed by atoms with E-state index in [-0.39, 0.29) is 5.97 Å². The molecule has 0 fully saturated rings. The summed E-state index contributed by atoms with van der Waals surface area (Å²) >= 11 is 0.532. The van der Waals surface area contributed by atoms with Gasteiger partial charge in [0.25, 0.3) is 0 Å². The van der Waals surface area contributed by atoms with Gasteiger partial charge in [-0.15, -0.1) is 0 Å². The van der Waals surface area contributed by atoms with Crippen molar-refractivity contribution in [3.8, 4) is 0 Å². The van der Waals surface area contributed by atoms with E-state index in [1.165, 1.54) is 0 Å². The summed E-state index contributed by atoms with van der Waals surface area (Å²) in [6.45, 7) is 3.81. The van der Waals surface area contributed by atoms with Gasteiger partial charge in [-0.25, -0.2) is 0 Å². The minimum atomic E-state index is -1.44. The Labute approximate surface area is 155 Å². The normalized spacial score (nSPS) is 20.0. The lowest BCUT2D eigenvalue weighted by atomic mass is 10.0. The van der Waals surface area contributed by atoms with E-state index in [1.54, 1.807) is 50.2 Å². The fraction of sp³-hybridized carbons (Fsp3) is 0.235. The highest BCUT2D eigenvalue weighted by molar-refractivity contribution is 9.10. The average Bonchev–Trinajstić information content (AvgIpc) is 2.58. The Hall–Kier alpha value is -0.990. The van der Waals surface area contributed by atoms with Gasteiger partial charge in [0, 0.05) is 45.0 Å². The van der Waals surface area contributed by atoms with Crippen LogP contribution in [0.25, 0.3) is 0 Å². The second kappa shape index (κ2) is 7.09. The Morgan fingerprint density at radius 3 is 2.33 bits per heavy atom. The summed E-state index contributed by atoms with van der Waals surface area (Å²) in [6.07, 6.45) is 0. The largest absolute Gasteiger partial charge is 0.606 e. The van der Waals surface area contributed by atoms with E-state index in [0.29, 0.717) is 31.8 Å². The first-order valence-corrected chi connectivity index (χ1v) is 10.5. The molecular formula is C17H15BrO4S2.